The third kappa shape index (κ3) is 5.41. The Labute approximate surface area is 151 Å². The van der Waals surface area contributed by atoms with Crippen LogP contribution in [0, 0.1) is 0 Å². The molecule has 0 fully saturated rings. The van der Waals surface area contributed by atoms with Crippen LogP contribution in [0.25, 0.3) is 0 Å². The lowest BCUT2D eigenvalue weighted by molar-refractivity contribution is 0.0697. The highest BCUT2D eigenvalue weighted by molar-refractivity contribution is 5.87. The number of carbonyl (C=O) groups excluding carboxylic acids is 1. The van der Waals surface area contributed by atoms with Crippen molar-refractivity contribution in [2.45, 2.75) is 20.0 Å². The summed E-state index contributed by atoms with van der Waals surface area (Å²) in [4.78, 5) is 22.7. The fourth-order valence-electron chi connectivity index (χ4n) is 2.29. The zero-order valence-corrected chi connectivity index (χ0v) is 14.7. The van der Waals surface area contributed by atoms with E-state index in [-0.39, 0.29) is 11.6 Å². The highest BCUT2D eigenvalue weighted by atomic mass is 16.5. The molecule has 2 rings (SSSR count). The molecule has 0 aliphatic carbocycles. The Morgan fingerprint density at radius 3 is 2.15 bits per heavy atom. The number of ether oxygens (including phenoxy) is 2. The van der Waals surface area contributed by atoms with Gasteiger partial charge in [0.25, 0.3) is 0 Å². The van der Waals surface area contributed by atoms with Crippen molar-refractivity contribution >= 4 is 12.0 Å². The first-order chi connectivity index (χ1) is 12.5. The normalized spacial score (nSPS) is 10.1. The zero-order valence-electron chi connectivity index (χ0n) is 14.7. The molecule has 2 amide bonds. The van der Waals surface area contributed by atoms with Crippen LogP contribution in [0.4, 0.5) is 4.79 Å². The fourth-order valence-corrected chi connectivity index (χ4v) is 2.29. The van der Waals surface area contributed by atoms with Gasteiger partial charge in [0.1, 0.15) is 0 Å². The number of hydrogen-bond donors (Lipinski definition) is 3. The topological polar surface area (TPSA) is 96.9 Å². The maximum Gasteiger partial charge on any atom is 0.335 e. The summed E-state index contributed by atoms with van der Waals surface area (Å²) < 4.78 is 10.7. The third-order valence-electron chi connectivity index (χ3n) is 3.63. The second kappa shape index (κ2) is 9.31. The SMILES string of the molecule is CCOc1cc(CNC(=O)NCc2ccc(C(=O)O)cc2)ccc1OC. The Morgan fingerprint density at radius 1 is 0.962 bits per heavy atom. The van der Waals surface area contributed by atoms with E-state index in [0.29, 0.717) is 31.2 Å². The van der Waals surface area contributed by atoms with Crippen LogP contribution in [0.2, 0.25) is 0 Å². The van der Waals surface area contributed by atoms with Gasteiger partial charge in [0.05, 0.1) is 19.3 Å². The molecule has 7 heteroatoms. The van der Waals surface area contributed by atoms with Gasteiger partial charge < -0.3 is 25.2 Å². The molecule has 7 nitrogen and oxygen atoms in total. The van der Waals surface area contributed by atoms with Gasteiger partial charge >= 0.3 is 12.0 Å². The van der Waals surface area contributed by atoms with Crippen molar-refractivity contribution in [3.05, 3.63) is 59.2 Å². The molecule has 0 unspecified atom stereocenters. The molecule has 2 aromatic carbocycles. The van der Waals surface area contributed by atoms with Crippen LogP contribution < -0.4 is 20.1 Å². The Bertz CT molecular complexity index is 759. The first kappa shape index (κ1) is 19.1. The Kier molecular flexibility index (Phi) is 6.84. The number of aromatic carboxylic acids is 1. The minimum absolute atomic E-state index is 0.211. The first-order valence-electron chi connectivity index (χ1n) is 8.17. The molecule has 0 bridgehead atoms. The highest BCUT2D eigenvalue weighted by Gasteiger charge is 2.07. The average molecular weight is 358 g/mol. The van der Waals surface area contributed by atoms with Crippen molar-refractivity contribution in [2.75, 3.05) is 13.7 Å². The summed E-state index contributed by atoms with van der Waals surface area (Å²) in [6, 6.07) is 11.5. The number of urea groups is 1. The average Bonchev–Trinajstić information content (AvgIpc) is 2.65. The van der Waals surface area contributed by atoms with E-state index in [9.17, 15) is 9.59 Å². The Balaban J connectivity index is 1.84. The van der Waals surface area contributed by atoms with Crippen LogP contribution in [0.15, 0.2) is 42.5 Å². The molecule has 0 aromatic heterocycles. The van der Waals surface area contributed by atoms with Crippen LogP contribution in [-0.2, 0) is 13.1 Å². The second-order valence-corrected chi connectivity index (χ2v) is 5.46. The lowest BCUT2D eigenvalue weighted by Gasteiger charge is -2.12. The Hall–Kier alpha value is -3.22. The number of benzene rings is 2. The fraction of sp³-hybridized carbons (Fsp3) is 0.263. The zero-order chi connectivity index (χ0) is 18.9. The number of carboxylic acids is 1. The molecule has 0 aliphatic heterocycles. The molecule has 0 radical (unpaired) electrons. The van der Waals surface area contributed by atoms with Crippen LogP contribution in [0.1, 0.15) is 28.4 Å². The van der Waals surface area contributed by atoms with E-state index in [2.05, 4.69) is 10.6 Å². The molecular formula is C19H22N2O5. The molecular weight excluding hydrogens is 336 g/mol. The number of amides is 2. The summed E-state index contributed by atoms with van der Waals surface area (Å²) in [7, 11) is 1.58. The number of carbonyl (C=O) groups is 2. The molecule has 0 saturated carbocycles. The molecule has 2 aromatic rings. The summed E-state index contributed by atoms with van der Waals surface area (Å²) in [5.74, 6) is 0.297. The second-order valence-electron chi connectivity index (χ2n) is 5.46. The Morgan fingerprint density at radius 2 is 1.58 bits per heavy atom. The van der Waals surface area contributed by atoms with E-state index >= 15 is 0 Å². The van der Waals surface area contributed by atoms with Crippen molar-refractivity contribution in [1.82, 2.24) is 10.6 Å². The third-order valence-corrected chi connectivity index (χ3v) is 3.63. The van der Waals surface area contributed by atoms with E-state index < -0.39 is 5.97 Å². The smallest absolute Gasteiger partial charge is 0.335 e. The van der Waals surface area contributed by atoms with Gasteiger partial charge in [-0.2, -0.15) is 0 Å². The van der Waals surface area contributed by atoms with Crippen LogP contribution in [0.3, 0.4) is 0 Å². The summed E-state index contributed by atoms with van der Waals surface area (Å²) >= 11 is 0. The standard InChI is InChI=1S/C19H22N2O5/c1-3-26-17-10-14(6-9-16(17)25-2)12-21-19(24)20-11-13-4-7-15(8-5-13)18(22)23/h4-10H,3,11-12H2,1-2H3,(H,22,23)(H2,20,21,24). The number of carboxylic acid groups (broad SMARTS) is 1. The van der Waals surface area contributed by atoms with Crippen LogP contribution in [0.5, 0.6) is 11.5 Å². The first-order valence-corrected chi connectivity index (χ1v) is 8.17. The molecule has 26 heavy (non-hydrogen) atoms. The van der Waals surface area contributed by atoms with E-state index in [1.165, 1.54) is 12.1 Å². The number of rotatable bonds is 8. The molecule has 138 valence electrons. The van der Waals surface area contributed by atoms with Gasteiger partial charge in [-0.3, -0.25) is 0 Å². The van der Waals surface area contributed by atoms with Gasteiger partial charge in [0, 0.05) is 13.1 Å². The monoisotopic (exact) mass is 358 g/mol. The molecule has 0 spiro atoms. The molecule has 0 aliphatic rings. The lowest BCUT2D eigenvalue weighted by Crippen LogP contribution is -2.34. The van der Waals surface area contributed by atoms with Crippen molar-refractivity contribution in [3.8, 4) is 11.5 Å². The molecule has 0 atom stereocenters. The van der Waals surface area contributed by atoms with Crippen molar-refractivity contribution in [3.63, 3.8) is 0 Å². The van der Waals surface area contributed by atoms with Gasteiger partial charge in [-0.25, -0.2) is 9.59 Å². The van der Waals surface area contributed by atoms with Crippen molar-refractivity contribution in [1.29, 1.82) is 0 Å². The number of hydrogen-bond acceptors (Lipinski definition) is 4. The van der Waals surface area contributed by atoms with Crippen LogP contribution in [-0.4, -0.2) is 30.8 Å². The van der Waals surface area contributed by atoms with E-state index in [4.69, 9.17) is 14.6 Å². The van der Waals surface area contributed by atoms with Crippen LogP contribution >= 0.6 is 0 Å². The maximum atomic E-state index is 11.9. The van der Waals surface area contributed by atoms with Gasteiger partial charge in [-0.15, -0.1) is 0 Å². The van der Waals surface area contributed by atoms with E-state index in [1.54, 1.807) is 25.3 Å². The minimum atomic E-state index is -0.979. The predicted octanol–water partition coefficient (Wildman–Crippen LogP) is 2.79. The molecule has 0 saturated heterocycles. The summed E-state index contributed by atoms with van der Waals surface area (Å²) in [6.07, 6.45) is 0. The van der Waals surface area contributed by atoms with Gasteiger partial charge in [-0.1, -0.05) is 18.2 Å². The lowest BCUT2D eigenvalue weighted by atomic mass is 10.1. The van der Waals surface area contributed by atoms with E-state index in [0.717, 1.165) is 11.1 Å². The highest BCUT2D eigenvalue weighted by Crippen LogP contribution is 2.27. The predicted molar refractivity (Wildman–Crippen MR) is 96.6 cm³/mol. The molecule has 0 heterocycles. The maximum absolute atomic E-state index is 11.9. The van der Waals surface area contributed by atoms with Crippen molar-refractivity contribution < 1.29 is 24.2 Å². The van der Waals surface area contributed by atoms with E-state index in [1.807, 2.05) is 19.1 Å². The molecule has 3 N–H and O–H groups in total. The summed E-state index contributed by atoms with van der Waals surface area (Å²) in [5.41, 5.74) is 1.91. The number of methoxy groups -OCH3 is 1. The minimum Gasteiger partial charge on any atom is -0.493 e. The van der Waals surface area contributed by atoms with Gasteiger partial charge in [0.2, 0.25) is 0 Å². The summed E-state index contributed by atoms with van der Waals surface area (Å²) in [5, 5.41) is 14.4. The summed E-state index contributed by atoms with van der Waals surface area (Å²) in [6.45, 7) is 3.06. The quantitative estimate of drug-likeness (QED) is 0.674. The van der Waals surface area contributed by atoms with Gasteiger partial charge in [0.15, 0.2) is 11.5 Å². The van der Waals surface area contributed by atoms with Gasteiger partial charge in [-0.05, 0) is 42.3 Å². The van der Waals surface area contributed by atoms with Crippen molar-refractivity contribution in [2.24, 2.45) is 0 Å². The number of nitrogens with one attached hydrogen (secondary N) is 2. The largest absolute Gasteiger partial charge is 0.493 e.